The maximum Gasteiger partial charge on any atom is 0.119 e. The van der Waals surface area contributed by atoms with E-state index in [9.17, 15) is 5.11 Å². The summed E-state index contributed by atoms with van der Waals surface area (Å²) in [6, 6.07) is 16.1. The van der Waals surface area contributed by atoms with Crippen molar-refractivity contribution in [2.75, 3.05) is 12.4 Å². The number of thioether (sulfide) groups is 1. The van der Waals surface area contributed by atoms with E-state index in [1.54, 1.807) is 0 Å². The van der Waals surface area contributed by atoms with Crippen LogP contribution in [-0.4, -0.2) is 17.5 Å². The third-order valence-corrected chi connectivity index (χ3v) is 4.86. The van der Waals surface area contributed by atoms with Gasteiger partial charge in [0.15, 0.2) is 0 Å². The van der Waals surface area contributed by atoms with E-state index in [1.807, 2.05) is 49.0 Å². The van der Waals surface area contributed by atoms with Crippen LogP contribution in [0, 0.1) is 0 Å². The predicted molar refractivity (Wildman–Crippen MR) is 82.5 cm³/mol. The van der Waals surface area contributed by atoms with Gasteiger partial charge in [-0.1, -0.05) is 30.3 Å². The Morgan fingerprint density at radius 3 is 2.70 bits per heavy atom. The molecule has 0 radical (unpaired) electrons. The highest BCUT2D eigenvalue weighted by Gasteiger charge is 2.29. The molecule has 0 bridgehead atoms. The number of rotatable bonds is 4. The third-order valence-electron chi connectivity index (χ3n) is 3.65. The normalized spacial score (nSPS) is 18.6. The summed E-state index contributed by atoms with van der Waals surface area (Å²) in [6.07, 6.45) is -0.457. The minimum atomic E-state index is -0.457. The van der Waals surface area contributed by atoms with Crippen LogP contribution < -0.4 is 4.74 Å². The quantitative estimate of drug-likeness (QED) is 0.921. The molecule has 0 saturated heterocycles. The van der Waals surface area contributed by atoms with Crippen LogP contribution in [0.5, 0.6) is 5.75 Å². The van der Waals surface area contributed by atoms with E-state index in [-0.39, 0.29) is 5.92 Å². The topological polar surface area (TPSA) is 29.5 Å². The van der Waals surface area contributed by atoms with Gasteiger partial charge in [-0.25, -0.2) is 0 Å². The van der Waals surface area contributed by atoms with Crippen molar-refractivity contribution in [1.82, 2.24) is 0 Å². The second-order valence-corrected chi connectivity index (χ2v) is 5.96. The van der Waals surface area contributed by atoms with Crippen molar-refractivity contribution in [3.63, 3.8) is 0 Å². The highest BCUT2D eigenvalue weighted by molar-refractivity contribution is 7.99. The number of hydrogen-bond donors (Lipinski definition) is 1. The molecule has 0 aliphatic carbocycles. The fraction of sp³-hybridized carbons (Fsp3) is 0.294. The first-order valence-electron chi connectivity index (χ1n) is 6.92. The zero-order valence-electron chi connectivity index (χ0n) is 11.5. The SMILES string of the molecule is CCOc1ccc(C(O)C2CSc3ccccc32)cc1. The first-order chi connectivity index (χ1) is 9.79. The minimum Gasteiger partial charge on any atom is -0.494 e. The van der Waals surface area contributed by atoms with Gasteiger partial charge >= 0.3 is 0 Å². The number of ether oxygens (including phenoxy) is 1. The van der Waals surface area contributed by atoms with Gasteiger partial charge in [0.2, 0.25) is 0 Å². The first-order valence-corrected chi connectivity index (χ1v) is 7.90. The van der Waals surface area contributed by atoms with Crippen LogP contribution in [0.15, 0.2) is 53.4 Å². The molecule has 2 aromatic rings. The molecule has 1 N–H and O–H groups in total. The molecule has 2 aromatic carbocycles. The highest BCUT2D eigenvalue weighted by atomic mass is 32.2. The Kier molecular flexibility index (Phi) is 3.99. The van der Waals surface area contributed by atoms with Crippen molar-refractivity contribution in [1.29, 1.82) is 0 Å². The van der Waals surface area contributed by atoms with Gasteiger partial charge in [0.05, 0.1) is 12.7 Å². The molecule has 3 heteroatoms. The lowest BCUT2D eigenvalue weighted by Gasteiger charge is -2.19. The Bertz CT molecular complexity index is 580. The number of hydrogen-bond acceptors (Lipinski definition) is 3. The summed E-state index contributed by atoms with van der Waals surface area (Å²) >= 11 is 1.83. The molecule has 3 rings (SSSR count). The Balaban J connectivity index is 1.81. The molecule has 0 saturated carbocycles. The van der Waals surface area contributed by atoms with Crippen LogP contribution >= 0.6 is 11.8 Å². The van der Waals surface area contributed by atoms with E-state index in [1.165, 1.54) is 10.5 Å². The average molecular weight is 286 g/mol. The van der Waals surface area contributed by atoms with Gasteiger partial charge in [0, 0.05) is 16.6 Å². The second kappa shape index (κ2) is 5.90. The van der Waals surface area contributed by atoms with Crippen molar-refractivity contribution < 1.29 is 9.84 Å². The lowest BCUT2D eigenvalue weighted by molar-refractivity contribution is 0.153. The number of aliphatic hydroxyl groups is 1. The summed E-state index contributed by atoms with van der Waals surface area (Å²) < 4.78 is 5.44. The largest absolute Gasteiger partial charge is 0.494 e. The molecule has 104 valence electrons. The number of fused-ring (bicyclic) bond motifs is 1. The van der Waals surface area contributed by atoms with Crippen molar-refractivity contribution >= 4 is 11.8 Å². The number of aliphatic hydroxyl groups excluding tert-OH is 1. The fourth-order valence-electron chi connectivity index (χ4n) is 2.61. The van der Waals surface area contributed by atoms with Gasteiger partial charge in [-0.3, -0.25) is 0 Å². The van der Waals surface area contributed by atoms with Crippen molar-refractivity contribution in [3.05, 3.63) is 59.7 Å². The summed E-state index contributed by atoms with van der Waals surface area (Å²) in [6.45, 7) is 2.63. The first kappa shape index (κ1) is 13.5. The standard InChI is InChI=1S/C17H18O2S/c1-2-19-13-9-7-12(8-10-13)17(18)15-11-20-16-6-4-3-5-14(15)16/h3-10,15,17-18H,2,11H2,1H3. The van der Waals surface area contributed by atoms with Crippen LogP contribution in [0.2, 0.25) is 0 Å². The van der Waals surface area contributed by atoms with Gasteiger partial charge < -0.3 is 9.84 Å². The van der Waals surface area contributed by atoms with Crippen LogP contribution in [0.4, 0.5) is 0 Å². The van der Waals surface area contributed by atoms with E-state index in [0.717, 1.165) is 17.1 Å². The molecule has 0 aromatic heterocycles. The Labute approximate surface area is 123 Å². The second-order valence-electron chi connectivity index (χ2n) is 4.90. The molecule has 1 aliphatic rings. The van der Waals surface area contributed by atoms with Gasteiger partial charge in [-0.15, -0.1) is 11.8 Å². The summed E-state index contributed by atoms with van der Waals surface area (Å²) in [5.41, 5.74) is 2.22. The van der Waals surface area contributed by atoms with Crippen molar-refractivity contribution in [2.45, 2.75) is 23.8 Å². The zero-order valence-corrected chi connectivity index (χ0v) is 12.3. The van der Waals surface area contributed by atoms with Crippen LogP contribution in [0.3, 0.4) is 0 Å². The maximum absolute atomic E-state index is 10.6. The zero-order chi connectivity index (χ0) is 13.9. The summed E-state index contributed by atoms with van der Waals surface area (Å²) in [4.78, 5) is 1.29. The third kappa shape index (κ3) is 2.56. The maximum atomic E-state index is 10.6. The molecule has 0 spiro atoms. The molecule has 2 nitrogen and oxygen atoms in total. The van der Waals surface area contributed by atoms with Gasteiger partial charge in [-0.2, -0.15) is 0 Å². The molecule has 20 heavy (non-hydrogen) atoms. The molecule has 0 fully saturated rings. The van der Waals surface area contributed by atoms with E-state index in [0.29, 0.717) is 6.61 Å². The molecular weight excluding hydrogens is 268 g/mol. The smallest absolute Gasteiger partial charge is 0.119 e. The Morgan fingerprint density at radius 2 is 1.95 bits per heavy atom. The van der Waals surface area contributed by atoms with Gasteiger partial charge in [0.25, 0.3) is 0 Å². The van der Waals surface area contributed by atoms with Crippen molar-refractivity contribution in [2.24, 2.45) is 0 Å². The Hall–Kier alpha value is -1.45. The lowest BCUT2D eigenvalue weighted by Crippen LogP contribution is -2.10. The van der Waals surface area contributed by atoms with Gasteiger partial charge in [-0.05, 0) is 36.2 Å². The highest BCUT2D eigenvalue weighted by Crippen LogP contribution is 2.45. The van der Waals surface area contributed by atoms with E-state index >= 15 is 0 Å². The number of benzene rings is 2. The Morgan fingerprint density at radius 1 is 1.20 bits per heavy atom. The summed E-state index contributed by atoms with van der Waals surface area (Å²) in [5.74, 6) is 1.96. The summed E-state index contributed by atoms with van der Waals surface area (Å²) in [5, 5.41) is 10.6. The van der Waals surface area contributed by atoms with Crippen LogP contribution in [0.1, 0.15) is 30.1 Å². The van der Waals surface area contributed by atoms with Gasteiger partial charge in [0.1, 0.15) is 5.75 Å². The van der Waals surface area contributed by atoms with E-state index < -0.39 is 6.10 Å². The average Bonchev–Trinajstić information content (AvgIpc) is 2.92. The van der Waals surface area contributed by atoms with Crippen LogP contribution in [0.25, 0.3) is 0 Å². The molecule has 1 aliphatic heterocycles. The molecule has 0 amide bonds. The molecule has 1 heterocycles. The molecular formula is C17H18O2S. The fourth-order valence-corrected chi connectivity index (χ4v) is 3.89. The molecule has 2 unspecified atom stereocenters. The predicted octanol–water partition coefficient (Wildman–Crippen LogP) is 4.01. The van der Waals surface area contributed by atoms with E-state index in [2.05, 4.69) is 18.2 Å². The van der Waals surface area contributed by atoms with Crippen LogP contribution in [-0.2, 0) is 0 Å². The lowest BCUT2D eigenvalue weighted by atomic mass is 9.91. The minimum absolute atomic E-state index is 0.175. The van der Waals surface area contributed by atoms with E-state index in [4.69, 9.17) is 4.74 Å². The monoisotopic (exact) mass is 286 g/mol. The summed E-state index contributed by atoms with van der Waals surface area (Å²) in [7, 11) is 0. The van der Waals surface area contributed by atoms with Crippen molar-refractivity contribution in [3.8, 4) is 5.75 Å². The molecule has 2 atom stereocenters.